The first kappa shape index (κ1) is 20.8. The summed E-state index contributed by atoms with van der Waals surface area (Å²) in [5.74, 6) is 1.66. The molecular weight excluding hydrogens is 442 g/mol. The molecule has 8 nitrogen and oxygen atoms in total. The van der Waals surface area contributed by atoms with Crippen molar-refractivity contribution in [3.8, 4) is 15.7 Å². The molecule has 0 aromatic carbocycles. The highest BCUT2D eigenvalue weighted by Crippen LogP contribution is 2.31. The maximum atomic E-state index is 12.8. The van der Waals surface area contributed by atoms with Gasteiger partial charge >= 0.3 is 0 Å². The van der Waals surface area contributed by atoms with Gasteiger partial charge in [0.25, 0.3) is 0 Å². The number of amides is 1. The Bertz CT molecular complexity index is 1160. The van der Waals surface area contributed by atoms with E-state index < -0.39 is 0 Å². The fourth-order valence-electron chi connectivity index (χ4n) is 3.79. The first-order valence-corrected chi connectivity index (χ1v) is 12.2. The second kappa shape index (κ2) is 9.17. The Morgan fingerprint density at radius 2 is 1.97 bits per heavy atom. The van der Waals surface area contributed by atoms with Crippen molar-refractivity contribution in [1.29, 1.82) is 0 Å². The molecule has 5 rings (SSSR count). The maximum Gasteiger partial charge on any atom is 0.223 e. The number of thiophene rings is 1. The molecule has 4 aromatic rings. The zero-order chi connectivity index (χ0) is 21.9. The van der Waals surface area contributed by atoms with Crippen LogP contribution in [0, 0.1) is 12.8 Å². The van der Waals surface area contributed by atoms with E-state index in [0.717, 1.165) is 47.3 Å². The minimum Gasteiger partial charge on any atom is -0.355 e. The van der Waals surface area contributed by atoms with Gasteiger partial charge in [0.1, 0.15) is 5.01 Å². The van der Waals surface area contributed by atoms with Crippen molar-refractivity contribution < 1.29 is 4.79 Å². The molecule has 4 aromatic heterocycles. The molecule has 0 spiro atoms. The lowest BCUT2D eigenvalue weighted by atomic mass is 9.96. The number of hydrogen-bond acceptors (Lipinski definition) is 8. The number of carbonyl (C=O) groups is 1. The third kappa shape index (κ3) is 4.42. The number of aryl methyl sites for hydroxylation is 1. The minimum absolute atomic E-state index is 0.0209. The molecule has 0 unspecified atom stereocenters. The monoisotopic (exact) mass is 465 g/mol. The Hall–Kier alpha value is -3.11. The summed E-state index contributed by atoms with van der Waals surface area (Å²) in [5.41, 5.74) is 0.991. The third-order valence-corrected chi connectivity index (χ3v) is 7.81. The molecule has 1 amide bonds. The third-order valence-electron chi connectivity index (χ3n) is 5.61. The number of rotatable bonds is 6. The fraction of sp³-hybridized carbons (Fsp3) is 0.318. The lowest BCUT2D eigenvalue weighted by molar-refractivity contribution is -0.125. The average molecular weight is 466 g/mol. The molecule has 0 aliphatic carbocycles. The molecule has 5 heterocycles. The highest BCUT2D eigenvalue weighted by atomic mass is 32.1. The number of nitrogens with zero attached hydrogens (tertiary/aromatic N) is 6. The fourth-order valence-corrected chi connectivity index (χ4v) is 5.59. The van der Waals surface area contributed by atoms with Gasteiger partial charge in [-0.25, -0.2) is 9.67 Å². The number of nitrogens with one attached hydrogen (secondary N) is 1. The Kier molecular flexibility index (Phi) is 5.95. The van der Waals surface area contributed by atoms with Gasteiger partial charge in [-0.3, -0.25) is 4.79 Å². The van der Waals surface area contributed by atoms with Gasteiger partial charge < -0.3 is 10.2 Å². The molecule has 1 N–H and O–H groups in total. The molecule has 10 heteroatoms. The van der Waals surface area contributed by atoms with Crippen LogP contribution < -0.4 is 10.2 Å². The van der Waals surface area contributed by atoms with Gasteiger partial charge in [-0.1, -0.05) is 6.07 Å². The average Bonchev–Trinajstić information content (AvgIpc) is 3.60. The van der Waals surface area contributed by atoms with Crippen LogP contribution in [0.1, 0.15) is 23.4 Å². The van der Waals surface area contributed by atoms with Gasteiger partial charge in [0.2, 0.25) is 5.91 Å². The number of aromatic nitrogens is 5. The zero-order valence-electron chi connectivity index (χ0n) is 17.6. The van der Waals surface area contributed by atoms with Crippen LogP contribution in [0.2, 0.25) is 0 Å². The number of piperidine rings is 1. The first-order valence-electron chi connectivity index (χ1n) is 10.5. The molecule has 164 valence electrons. The normalized spacial score (nSPS) is 14.6. The van der Waals surface area contributed by atoms with E-state index in [1.807, 2.05) is 37.4 Å². The lowest BCUT2D eigenvalue weighted by Gasteiger charge is -2.31. The highest BCUT2D eigenvalue weighted by molar-refractivity contribution is 7.21. The van der Waals surface area contributed by atoms with Crippen molar-refractivity contribution in [3.05, 3.63) is 58.7 Å². The summed E-state index contributed by atoms with van der Waals surface area (Å²) < 4.78 is 1.68. The van der Waals surface area contributed by atoms with Gasteiger partial charge in [-0.2, -0.15) is 5.10 Å². The van der Waals surface area contributed by atoms with Crippen LogP contribution in [0.15, 0.2) is 48.1 Å². The van der Waals surface area contributed by atoms with E-state index in [9.17, 15) is 4.79 Å². The molecule has 1 fully saturated rings. The summed E-state index contributed by atoms with van der Waals surface area (Å²) >= 11 is 3.34. The SMILES string of the molecule is Cc1nc(-c2cccs2)sc1CNC(=O)C1CCN(c2ccc(-n3cccn3)nn2)CC1. The van der Waals surface area contributed by atoms with E-state index in [-0.39, 0.29) is 11.8 Å². The predicted octanol–water partition coefficient (Wildman–Crippen LogP) is 3.69. The van der Waals surface area contributed by atoms with Crippen molar-refractivity contribution in [1.82, 2.24) is 30.3 Å². The van der Waals surface area contributed by atoms with Crippen molar-refractivity contribution >= 4 is 34.4 Å². The van der Waals surface area contributed by atoms with E-state index in [2.05, 4.69) is 41.9 Å². The molecular formula is C22H23N7OS2. The summed E-state index contributed by atoms with van der Waals surface area (Å²) in [4.78, 5) is 21.9. The standard InChI is InChI=1S/C22H23N7OS2/c1-15-18(32-22(25-15)17-4-2-13-31-17)14-23-21(30)16-7-11-28(12-8-16)19-5-6-20(27-26-19)29-10-3-9-24-29/h2-6,9-10,13,16H,7-8,11-12,14H2,1H3,(H,23,30). The number of carbonyl (C=O) groups excluding carboxylic acids is 1. The van der Waals surface area contributed by atoms with E-state index >= 15 is 0 Å². The summed E-state index contributed by atoms with van der Waals surface area (Å²) in [6.45, 7) is 4.12. The molecule has 1 aliphatic heterocycles. The molecule has 0 bridgehead atoms. The van der Waals surface area contributed by atoms with E-state index in [0.29, 0.717) is 12.4 Å². The quantitative estimate of drug-likeness (QED) is 0.467. The molecule has 1 saturated heterocycles. The Morgan fingerprint density at radius 3 is 2.66 bits per heavy atom. The van der Waals surface area contributed by atoms with Crippen molar-refractivity contribution in [2.45, 2.75) is 26.3 Å². The summed E-state index contributed by atoms with van der Waals surface area (Å²) in [6, 6.07) is 9.83. The van der Waals surface area contributed by atoms with Gasteiger partial charge in [0, 0.05) is 36.3 Å². The number of thiazole rings is 1. The minimum atomic E-state index is 0.0209. The van der Waals surface area contributed by atoms with E-state index in [1.165, 1.54) is 4.88 Å². The van der Waals surface area contributed by atoms with Crippen LogP contribution in [0.25, 0.3) is 15.7 Å². The van der Waals surface area contributed by atoms with Crippen LogP contribution in [0.5, 0.6) is 0 Å². The second-order valence-corrected chi connectivity index (χ2v) is 9.72. The number of anilines is 1. The summed E-state index contributed by atoms with van der Waals surface area (Å²) in [5, 5.41) is 19.0. The predicted molar refractivity (Wildman–Crippen MR) is 126 cm³/mol. The van der Waals surface area contributed by atoms with Crippen LogP contribution in [0.3, 0.4) is 0 Å². The number of hydrogen-bond donors (Lipinski definition) is 1. The molecule has 0 atom stereocenters. The smallest absolute Gasteiger partial charge is 0.223 e. The summed E-state index contributed by atoms with van der Waals surface area (Å²) in [7, 11) is 0. The van der Waals surface area contributed by atoms with Crippen LogP contribution in [-0.4, -0.2) is 44.0 Å². The molecule has 1 aliphatic rings. The molecule has 0 radical (unpaired) electrons. The Morgan fingerprint density at radius 1 is 1.16 bits per heavy atom. The first-order chi connectivity index (χ1) is 15.7. The van der Waals surface area contributed by atoms with Crippen molar-refractivity contribution in [3.63, 3.8) is 0 Å². The highest BCUT2D eigenvalue weighted by Gasteiger charge is 2.26. The maximum absolute atomic E-state index is 12.8. The van der Waals surface area contributed by atoms with Gasteiger partial charge in [0.05, 0.1) is 17.1 Å². The Labute approximate surface area is 194 Å². The topological polar surface area (TPSA) is 88.8 Å². The van der Waals surface area contributed by atoms with Crippen LogP contribution in [0.4, 0.5) is 5.82 Å². The lowest BCUT2D eigenvalue weighted by Crippen LogP contribution is -2.40. The molecule has 32 heavy (non-hydrogen) atoms. The zero-order valence-corrected chi connectivity index (χ0v) is 19.3. The Balaban J connectivity index is 1.13. The largest absolute Gasteiger partial charge is 0.355 e. The van der Waals surface area contributed by atoms with Crippen molar-refractivity contribution in [2.75, 3.05) is 18.0 Å². The molecule has 0 saturated carbocycles. The van der Waals surface area contributed by atoms with Crippen LogP contribution in [-0.2, 0) is 11.3 Å². The van der Waals surface area contributed by atoms with E-state index in [1.54, 1.807) is 33.6 Å². The second-order valence-electron chi connectivity index (χ2n) is 7.68. The van der Waals surface area contributed by atoms with Gasteiger partial charge in [0.15, 0.2) is 11.6 Å². The van der Waals surface area contributed by atoms with Crippen LogP contribution >= 0.6 is 22.7 Å². The van der Waals surface area contributed by atoms with Gasteiger partial charge in [-0.15, -0.1) is 32.9 Å². The van der Waals surface area contributed by atoms with E-state index in [4.69, 9.17) is 0 Å². The van der Waals surface area contributed by atoms with Crippen molar-refractivity contribution in [2.24, 2.45) is 5.92 Å². The van der Waals surface area contributed by atoms with Gasteiger partial charge in [-0.05, 0) is 49.4 Å². The summed E-state index contributed by atoms with van der Waals surface area (Å²) in [6.07, 6.45) is 5.15.